The quantitative estimate of drug-likeness (QED) is 0.549. The van der Waals surface area contributed by atoms with Crippen LogP contribution in [0.3, 0.4) is 0 Å². The van der Waals surface area contributed by atoms with E-state index in [9.17, 15) is 9.59 Å². The summed E-state index contributed by atoms with van der Waals surface area (Å²) in [5.74, 6) is 0.994. The molecule has 34 heavy (non-hydrogen) atoms. The number of nitrogens with zero attached hydrogens (tertiary/aromatic N) is 1. The fourth-order valence-corrected chi connectivity index (χ4v) is 4.05. The van der Waals surface area contributed by atoms with Gasteiger partial charge in [-0.2, -0.15) is 0 Å². The van der Waals surface area contributed by atoms with Gasteiger partial charge in [0.1, 0.15) is 29.3 Å². The molecule has 0 aliphatic carbocycles. The van der Waals surface area contributed by atoms with Crippen LogP contribution in [0.2, 0.25) is 0 Å². The first kappa shape index (κ1) is 23.7. The van der Waals surface area contributed by atoms with Crippen LogP contribution < -0.4 is 10.1 Å². The van der Waals surface area contributed by atoms with Crippen molar-refractivity contribution in [2.24, 2.45) is 0 Å². The number of amides is 2. The fraction of sp³-hybridized carbons (Fsp3) is 0.407. The van der Waals surface area contributed by atoms with Crippen molar-refractivity contribution in [2.75, 3.05) is 13.1 Å². The Balaban J connectivity index is 1.44. The van der Waals surface area contributed by atoms with Gasteiger partial charge in [0, 0.05) is 24.5 Å². The summed E-state index contributed by atoms with van der Waals surface area (Å²) in [6.45, 7) is 10.7. The van der Waals surface area contributed by atoms with Gasteiger partial charge in [-0.15, -0.1) is 0 Å². The Morgan fingerprint density at radius 1 is 1.12 bits per heavy atom. The lowest BCUT2D eigenvalue weighted by atomic mass is 10.1. The number of rotatable bonds is 5. The van der Waals surface area contributed by atoms with Crippen molar-refractivity contribution in [3.05, 3.63) is 64.9 Å². The molecule has 1 fully saturated rings. The van der Waals surface area contributed by atoms with Crippen molar-refractivity contribution in [1.29, 1.82) is 0 Å². The number of carbonyl (C=O) groups is 2. The van der Waals surface area contributed by atoms with Gasteiger partial charge in [0.25, 0.3) is 5.91 Å². The molecule has 2 amide bonds. The first-order valence-corrected chi connectivity index (χ1v) is 11.6. The van der Waals surface area contributed by atoms with Crippen LogP contribution in [-0.2, 0) is 11.3 Å². The maximum atomic E-state index is 13.2. The van der Waals surface area contributed by atoms with Crippen LogP contribution in [-0.4, -0.2) is 41.6 Å². The van der Waals surface area contributed by atoms with E-state index in [1.165, 1.54) is 5.56 Å². The lowest BCUT2D eigenvalue weighted by molar-refractivity contribution is 0.0290. The Morgan fingerprint density at radius 2 is 1.85 bits per heavy atom. The van der Waals surface area contributed by atoms with Gasteiger partial charge in [-0.05, 0) is 64.8 Å². The molecule has 2 aromatic carbocycles. The highest BCUT2D eigenvalue weighted by Crippen LogP contribution is 2.30. The maximum Gasteiger partial charge on any atom is 0.410 e. The van der Waals surface area contributed by atoms with Crippen LogP contribution in [0.25, 0.3) is 11.0 Å². The van der Waals surface area contributed by atoms with Crippen molar-refractivity contribution in [1.82, 2.24) is 10.2 Å². The average Bonchev–Trinajstić information content (AvgIpc) is 3.35. The van der Waals surface area contributed by atoms with Crippen molar-refractivity contribution >= 4 is 23.0 Å². The van der Waals surface area contributed by atoms with E-state index in [2.05, 4.69) is 17.4 Å². The number of benzene rings is 2. The van der Waals surface area contributed by atoms with Crippen LogP contribution >= 0.6 is 0 Å². The molecule has 1 N–H and O–H groups in total. The van der Waals surface area contributed by atoms with Crippen LogP contribution in [0.15, 0.2) is 46.9 Å². The highest BCUT2D eigenvalue weighted by Gasteiger charge is 2.31. The largest absolute Gasteiger partial charge is 0.489 e. The third-order valence-corrected chi connectivity index (χ3v) is 5.76. The van der Waals surface area contributed by atoms with E-state index in [-0.39, 0.29) is 18.0 Å². The second-order valence-electron chi connectivity index (χ2n) is 9.85. The molecular weight excluding hydrogens is 432 g/mol. The Labute approximate surface area is 200 Å². The van der Waals surface area contributed by atoms with Crippen molar-refractivity contribution in [2.45, 2.75) is 59.3 Å². The Morgan fingerprint density at radius 3 is 2.56 bits per heavy atom. The number of furan rings is 1. The minimum Gasteiger partial charge on any atom is -0.489 e. The van der Waals surface area contributed by atoms with E-state index in [1.807, 2.05) is 58.0 Å². The molecule has 0 spiro atoms. The highest BCUT2D eigenvalue weighted by molar-refractivity contribution is 6.07. The van der Waals surface area contributed by atoms with Crippen molar-refractivity contribution < 1.29 is 23.5 Å². The summed E-state index contributed by atoms with van der Waals surface area (Å²) in [5.41, 5.74) is 2.84. The van der Waals surface area contributed by atoms with Crippen LogP contribution in [0.4, 0.5) is 4.79 Å². The molecule has 1 aromatic heterocycles. The predicted molar refractivity (Wildman–Crippen MR) is 130 cm³/mol. The fourth-order valence-electron chi connectivity index (χ4n) is 4.05. The topological polar surface area (TPSA) is 81.0 Å². The summed E-state index contributed by atoms with van der Waals surface area (Å²) in [7, 11) is 0. The predicted octanol–water partition coefficient (Wildman–Crippen LogP) is 5.37. The van der Waals surface area contributed by atoms with Crippen molar-refractivity contribution in [3.8, 4) is 5.75 Å². The van der Waals surface area contributed by atoms with E-state index in [4.69, 9.17) is 13.9 Å². The molecule has 4 rings (SSSR count). The number of carbonyl (C=O) groups excluding carboxylic acids is 2. The molecule has 0 radical (unpaired) electrons. The molecular formula is C27H32N2O5. The standard InChI is InChI=1S/C27H32N2O5/c1-17-6-8-19(9-7-17)16-32-21-10-11-23-22(14-21)24(18(2)33-23)25(30)28-20-12-13-29(15-20)26(31)34-27(3,4)5/h6-11,14,20H,12-13,15-16H2,1-5H3,(H,28,30)/t20-/m1/s1. The number of hydrogen-bond acceptors (Lipinski definition) is 5. The van der Waals surface area contributed by atoms with Gasteiger partial charge in [0.15, 0.2) is 0 Å². The number of nitrogens with one attached hydrogen (secondary N) is 1. The number of ether oxygens (including phenoxy) is 2. The van der Waals surface area contributed by atoms with Gasteiger partial charge in [0.2, 0.25) is 0 Å². The van der Waals surface area contributed by atoms with Gasteiger partial charge in [-0.25, -0.2) is 4.79 Å². The summed E-state index contributed by atoms with van der Waals surface area (Å²) in [6.07, 6.45) is 0.314. The third-order valence-electron chi connectivity index (χ3n) is 5.76. The zero-order valence-corrected chi connectivity index (χ0v) is 20.4. The molecule has 7 heteroatoms. The summed E-state index contributed by atoms with van der Waals surface area (Å²) in [4.78, 5) is 27.1. The zero-order valence-electron chi connectivity index (χ0n) is 20.4. The van der Waals surface area contributed by atoms with Gasteiger partial charge < -0.3 is 24.1 Å². The number of hydrogen-bond donors (Lipinski definition) is 1. The maximum absolute atomic E-state index is 13.2. The van der Waals surface area contributed by atoms with Gasteiger partial charge in [-0.3, -0.25) is 4.79 Å². The van der Waals surface area contributed by atoms with Crippen LogP contribution in [0.5, 0.6) is 5.75 Å². The molecule has 2 heterocycles. The lowest BCUT2D eigenvalue weighted by Gasteiger charge is -2.24. The van der Waals surface area contributed by atoms with Gasteiger partial charge in [-0.1, -0.05) is 29.8 Å². The van der Waals surface area contributed by atoms with E-state index in [0.29, 0.717) is 54.2 Å². The van der Waals surface area contributed by atoms with Crippen molar-refractivity contribution in [3.63, 3.8) is 0 Å². The number of aryl methyl sites for hydroxylation is 2. The average molecular weight is 465 g/mol. The molecule has 1 atom stereocenters. The highest BCUT2D eigenvalue weighted by atomic mass is 16.6. The third kappa shape index (κ3) is 5.53. The van der Waals surface area contributed by atoms with E-state index >= 15 is 0 Å². The molecule has 0 saturated carbocycles. The number of likely N-dealkylation sites (tertiary alicyclic amines) is 1. The summed E-state index contributed by atoms with van der Waals surface area (Å²) < 4.78 is 17.2. The van der Waals surface area contributed by atoms with E-state index in [0.717, 1.165) is 5.56 Å². The summed E-state index contributed by atoms with van der Waals surface area (Å²) >= 11 is 0. The molecule has 7 nitrogen and oxygen atoms in total. The molecule has 0 bridgehead atoms. The van der Waals surface area contributed by atoms with Crippen LogP contribution in [0.1, 0.15) is 54.4 Å². The zero-order chi connectivity index (χ0) is 24.5. The minimum absolute atomic E-state index is 0.148. The van der Waals surface area contributed by atoms with Gasteiger partial charge in [0.05, 0.1) is 5.56 Å². The molecule has 1 aliphatic rings. The normalized spacial score (nSPS) is 16.0. The Kier molecular flexibility index (Phi) is 6.55. The van der Waals surface area contributed by atoms with E-state index < -0.39 is 5.60 Å². The monoisotopic (exact) mass is 464 g/mol. The molecule has 1 saturated heterocycles. The molecule has 3 aromatic rings. The van der Waals surface area contributed by atoms with Crippen LogP contribution in [0, 0.1) is 13.8 Å². The Bertz CT molecular complexity index is 1190. The SMILES string of the molecule is Cc1ccc(COc2ccc3oc(C)c(C(=O)N[C@@H]4CCN(C(=O)OC(C)(C)C)C4)c3c2)cc1. The van der Waals surface area contributed by atoms with Gasteiger partial charge >= 0.3 is 6.09 Å². The first-order valence-electron chi connectivity index (χ1n) is 11.6. The lowest BCUT2D eigenvalue weighted by Crippen LogP contribution is -2.40. The van der Waals surface area contributed by atoms with E-state index in [1.54, 1.807) is 11.8 Å². The molecule has 0 unspecified atom stereocenters. The second kappa shape index (κ2) is 9.41. The summed E-state index contributed by atoms with van der Waals surface area (Å²) in [5, 5.41) is 3.76. The molecule has 1 aliphatic heterocycles. The Hall–Kier alpha value is -3.48. The number of fused-ring (bicyclic) bond motifs is 1. The smallest absolute Gasteiger partial charge is 0.410 e. The minimum atomic E-state index is -0.551. The first-order chi connectivity index (χ1) is 16.1. The molecule has 180 valence electrons. The second-order valence-corrected chi connectivity index (χ2v) is 9.85. The summed E-state index contributed by atoms with van der Waals surface area (Å²) in [6, 6.07) is 13.5.